The van der Waals surface area contributed by atoms with E-state index < -0.39 is 5.91 Å². The first-order valence-corrected chi connectivity index (χ1v) is 8.66. The molecule has 0 saturated carbocycles. The van der Waals surface area contributed by atoms with E-state index >= 15 is 0 Å². The lowest BCUT2D eigenvalue weighted by atomic mass is 10.2. The highest BCUT2D eigenvalue weighted by atomic mass is 35.5. The van der Waals surface area contributed by atoms with Crippen LogP contribution in [0, 0.1) is 0 Å². The Kier molecular flexibility index (Phi) is 6.79. The van der Waals surface area contributed by atoms with Crippen molar-refractivity contribution in [2.24, 2.45) is 0 Å². The fourth-order valence-corrected chi connectivity index (χ4v) is 2.51. The Hall–Kier alpha value is -2.11. The fourth-order valence-electron chi connectivity index (χ4n) is 2.17. The van der Waals surface area contributed by atoms with E-state index in [-0.39, 0.29) is 11.6 Å². The highest BCUT2D eigenvalue weighted by Gasteiger charge is 2.16. The van der Waals surface area contributed by atoms with E-state index in [0.29, 0.717) is 27.8 Å². The number of nitrogens with one attached hydrogen (secondary N) is 1. The number of carbonyl (C=O) groups excluding carboxylic acids is 2. The van der Waals surface area contributed by atoms with E-state index in [2.05, 4.69) is 17.2 Å². The number of hydrogen-bond acceptors (Lipinski definition) is 3. The average molecular weight is 380 g/mol. The Labute approximate surface area is 157 Å². The number of pyridine rings is 1. The number of amides is 2. The predicted octanol–water partition coefficient (Wildman–Crippen LogP) is 4.51. The normalized spacial score (nSPS) is 10.4. The van der Waals surface area contributed by atoms with E-state index in [0.717, 1.165) is 12.8 Å². The van der Waals surface area contributed by atoms with Crippen molar-refractivity contribution in [2.45, 2.75) is 19.8 Å². The third-order valence-electron chi connectivity index (χ3n) is 3.61. The van der Waals surface area contributed by atoms with Crippen LogP contribution >= 0.6 is 23.2 Å². The summed E-state index contributed by atoms with van der Waals surface area (Å²) in [4.78, 5) is 30.5. The summed E-state index contributed by atoms with van der Waals surface area (Å²) in [6.45, 7) is 2.70. The van der Waals surface area contributed by atoms with Gasteiger partial charge in [0.05, 0.1) is 10.7 Å². The van der Waals surface area contributed by atoms with Crippen molar-refractivity contribution in [2.75, 3.05) is 18.9 Å². The Balaban J connectivity index is 2.16. The summed E-state index contributed by atoms with van der Waals surface area (Å²) >= 11 is 12.0. The predicted molar refractivity (Wildman–Crippen MR) is 101 cm³/mol. The van der Waals surface area contributed by atoms with Crippen molar-refractivity contribution in [3.8, 4) is 0 Å². The lowest BCUT2D eigenvalue weighted by Crippen LogP contribution is -2.28. The molecule has 1 heterocycles. The maximum atomic E-state index is 12.4. The number of unbranched alkanes of at least 4 members (excludes halogenated alkanes) is 1. The first-order valence-electron chi connectivity index (χ1n) is 7.90. The lowest BCUT2D eigenvalue weighted by Gasteiger charge is -2.16. The van der Waals surface area contributed by atoms with Gasteiger partial charge in [0.1, 0.15) is 5.69 Å². The van der Waals surface area contributed by atoms with E-state index in [1.54, 1.807) is 30.1 Å². The number of nitrogens with zero attached hydrogens (tertiary/aromatic N) is 2. The maximum Gasteiger partial charge on any atom is 0.272 e. The van der Waals surface area contributed by atoms with Crippen LogP contribution in [0.1, 0.15) is 40.6 Å². The molecule has 0 radical (unpaired) electrons. The number of hydrogen-bond donors (Lipinski definition) is 1. The third kappa shape index (κ3) is 5.18. The van der Waals surface area contributed by atoms with Gasteiger partial charge >= 0.3 is 0 Å². The SMILES string of the molecule is CCCCN(C)C(=O)c1cc(C(=O)Nc2cc(Cl)ccc2Cl)ccn1. The van der Waals surface area contributed by atoms with Crippen LogP contribution in [-0.2, 0) is 0 Å². The van der Waals surface area contributed by atoms with Gasteiger partial charge in [-0.25, -0.2) is 0 Å². The van der Waals surface area contributed by atoms with Crippen molar-refractivity contribution < 1.29 is 9.59 Å². The molecule has 5 nitrogen and oxygen atoms in total. The second kappa shape index (κ2) is 8.83. The zero-order chi connectivity index (χ0) is 18.4. The van der Waals surface area contributed by atoms with Crippen LogP contribution in [0.2, 0.25) is 10.0 Å². The molecule has 0 saturated heterocycles. The van der Waals surface area contributed by atoms with Gasteiger partial charge < -0.3 is 10.2 Å². The molecule has 0 aliphatic heterocycles. The minimum atomic E-state index is -0.392. The Morgan fingerprint density at radius 1 is 1.20 bits per heavy atom. The molecule has 1 N–H and O–H groups in total. The van der Waals surface area contributed by atoms with Crippen LogP contribution in [0.15, 0.2) is 36.5 Å². The van der Waals surface area contributed by atoms with Gasteiger partial charge in [-0.05, 0) is 36.8 Å². The Morgan fingerprint density at radius 2 is 1.96 bits per heavy atom. The molecule has 0 bridgehead atoms. The molecule has 0 atom stereocenters. The average Bonchev–Trinajstić information content (AvgIpc) is 2.62. The summed E-state index contributed by atoms with van der Waals surface area (Å²) in [5.41, 5.74) is 0.950. The Bertz CT molecular complexity index is 781. The zero-order valence-electron chi connectivity index (χ0n) is 14.1. The minimum absolute atomic E-state index is 0.219. The van der Waals surface area contributed by atoms with Gasteiger partial charge in [-0.15, -0.1) is 0 Å². The van der Waals surface area contributed by atoms with Gasteiger partial charge in [-0.3, -0.25) is 14.6 Å². The summed E-state index contributed by atoms with van der Waals surface area (Å²) < 4.78 is 0. The molecule has 2 aromatic rings. The first kappa shape index (κ1) is 19.2. The van der Waals surface area contributed by atoms with Gasteiger partial charge in [0, 0.05) is 30.4 Å². The molecule has 0 aliphatic carbocycles. The zero-order valence-corrected chi connectivity index (χ0v) is 15.6. The molecule has 2 rings (SSSR count). The van der Waals surface area contributed by atoms with Gasteiger partial charge in [0.15, 0.2) is 0 Å². The Morgan fingerprint density at radius 3 is 2.68 bits per heavy atom. The molecule has 2 amide bonds. The van der Waals surface area contributed by atoms with Crippen molar-refractivity contribution >= 4 is 40.7 Å². The molecule has 25 heavy (non-hydrogen) atoms. The van der Waals surface area contributed by atoms with E-state index in [1.165, 1.54) is 18.3 Å². The van der Waals surface area contributed by atoms with Gasteiger partial charge in [0.2, 0.25) is 0 Å². The van der Waals surface area contributed by atoms with Crippen LogP contribution in [0.5, 0.6) is 0 Å². The van der Waals surface area contributed by atoms with E-state index in [4.69, 9.17) is 23.2 Å². The van der Waals surface area contributed by atoms with Crippen molar-refractivity contribution in [1.82, 2.24) is 9.88 Å². The molecular formula is C18H19Cl2N3O2. The van der Waals surface area contributed by atoms with Crippen molar-refractivity contribution in [3.05, 3.63) is 57.8 Å². The van der Waals surface area contributed by atoms with Gasteiger partial charge in [-0.2, -0.15) is 0 Å². The maximum absolute atomic E-state index is 12.4. The highest BCUT2D eigenvalue weighted by Crippen LogP contribution is 2.25. The number of anilines is 1. The number of halogens is 2. The molecule has 1 aromatic carbocycles. The summed E-state index contributed by atoms with van der Waals surface area (Å²) in [5.74, 6) is -0.610. The lowest BCUT2D eigenvalue weighted by molar-refractivity contribution is 0.0787. The molecule has 1 aromatic heterocycles. The molecule has 0 fully saturated rings. The third-order valence-corrected chi connectivity index (χ3v) is 4.18. The minimum Gasteiger partial charge on any atom is -0.340 e. The standard InChI is InChI=1S/C18H19Cl2N3O2/c1-3-4-9-23(2)18(25)16-10-12(7-8-21-16)17(24)22-15-11-13(19)5-6-14(15)20/h5-8,10-11H,3-4,9H2,1-2H3,(H,22,24). The van der Waals surface area contributed by atoms with Crippen LogP contribution in [0.3, 0.4) is 0 Å². The summed E-state index contributed by atoms with van der Waals surface area (Å²) in [6.07, 6.45) is 3.35. The molecular weight excluding hydrogens is 361 g/mol. The van der Waals surface area contributed by atoms with Crippen LogP contribution < -0.4 is 5.32 Å². The quantitative estimate of drug-likeness (QED) is 0.802. The molecule has 0 aliphatic rings. The fraction of sp³-hybridized carbons (Fsp3) is 0.278. The van der Waals surface area contributed by atoms with Crippen LogP contribution in [0.4, 0.5) is 5.69 Å². The second-order valence-electron chi connectivity index (χ2n) is 5.59. The van der Waals surface area contributed by atoms with Gasteiger partial charge in [-0.1, -0.05) is 36.5 Å². The molecule has 132 valence electrons. The first-order chi connectivity index (χ1) is 11.9. The van der Waals surface area contributed by atoms with Crippen LogP contribution in [0.25, 0.3) is 0 Å². The summed E-state index contributed by atoms with van der Waals surface area (Å²) in [6, 6.07) is 7.81. The number of carbonyl (C=O) groups is 2. The summed E-state index contributed by atoms with van der Waals surface area (Å²) in [5, 5.41) is 3.53. The van der Waals surface area contributed by atoms with Gasteiger partial charge in [0.25, 0.3) is 11.8 Å². The number of aromatic nitrogens is 1. The molecule has 7 heteroatoms. The largest absolute Gasteiger partial charge is 0.340 e. The summed E-state index contributed by atoms with van der Waals surface area (Å²) in [7, 11) is 1.72. The molecule has 0 unspecified atom stereocenters. The number of benzene rings is 1. The highest BCUT2D eigenvalue weighted by molar-refractivity contribution is 6.35. The van der Waals surface area contributed by atoms with Crippen molar-refractivity contribution in [3.63, 3.8) is 0 Å². The van der Waals surface area contributed by atoms with E-state index in [9.17, 15) is 9.59 Å². The van der Waals surface area contributed by atoms with Crippen molar-refractivity contribution in [1.29, 1.82) is 0 Å². The van der Waals surface area contributed by atoms with Crippen LogP contribution in [-0.4, -0.2) is 35.3 Å². The smallest absolute Gasteiger partial charge is 0.272 e. The topological polar surface area (TPSA) is 62.3 Å². The molecule has 0 spiro atoms. The number of rotatable bonds is 6. The second-order valence-corrected chi connectivity index (χ2v) is 6.43. The monoisotopic (exact) mass is 379 g/mol. The van der Waals surface area contributed by atoms with E-state index in [1.807, 2.05) is 0 Å².